The summed E-state index contributed by atoms with van der Waals surface area (Å²) in [5.41, 5.74) is 1.00. The molecule has 18 heavy (non-hydrogen) atoms. The minimum atomic E-state index is -0.308. The van der Waals surface area contributed by atoms with E-state index in [1.807, 2.05) is 6.92 Å². The third-order valence-corrected chi connectivity index (χ3v) is 2.57. The predicted octanol–water partition coefficient (Wildman–Crippen LogP) is 1.61. The third-order valence-electron chi connectivity index (χ3n) is 2.57. The van der Waals surface area contributed by atoms with Crippen molar-refractivity contribution in [3.8, 4) is 0 Å². The van der Waals surface area contributed by atoms with Crippen LogP contribution in [-0.2, 0) is 6.54 Å². The predicted molar refractivity (Wildman–Crippen MR) is 63.2 cm³/mol. The third kappa shape index (κ3) is 2.71. The molecule has 0 saturated carbocycles. The van der Waals surface area contributed by atoms with Gasteiger partial charge in [0.05, 0.1) is 6.20 Å². The number of aromatic amines is 1. The highest BCUT2D eigenvalue weighted by molar-refractivity contribution is 5.91. The lowest BCUT2D eigenvalue weighted by molar-refractivity contribution is 0.0746. The fourth-order valence-electron chi connectivity index (χ4n) is 1.65. The highest BCUT2D eigenvalue weighted by Crippen LogP contribution is 2.09. The molecular formula is C12H13FN4O. The molecule has 2 rings (SSSR count). The Labute approximate surface area is 104 Å². The number of halogens is 1. The first-order chi connectivity index (χ1) is 8.70. The number of benzene rings is 1. The van der Waals surface area contributed by atoms with Gasteiger partial charge in [0.15, 0.2) is 5.69 Å². The number of aromatic nitrogens is 3. The van der Waals surface area contributed by atoms with Crippen LogP contribution in [0.25, 0.3) is 0 Å². The molecule has 6 heteroatoms. The number of nitrogens with zero attached hydrogens (tertiary/aromatic N) is 3. The smallest absolute Gasteiger partial charge is 0.276 e. The molecule has 0 bridgehead atoms. The summed E-state index contributed by atoms with van der Waals surface area (Å²) in [6, 6.07) is 6.19. The minimum absolute atomic E-state index is 0.226. The fraction of sp³-hybridized carbons (Fsp3) is 0.250. The first-order valence-corrected chi connectivity index (χ1v) is 5.60. The van der Waals surface area contributed by atoms with Crippen molar-refractivity contribution < 1.29 is 9.18 Å². The van der Waals surface area contributed by atoms with Crippen LogP contribution in [0.4, 0.5) is 4.39 Å². The number of carbonyl (C=O) groups is 1. The molecule has 0 radical (unpaired) electrons. The van der Waals surface area contributed by atoms with Crippen LogP contribution in [0.1, 0.15) is 23.0 Å². The molecule has 1 amide bonds. The number of amides is 1. The van der Waals surface area contributed by atoms with E-state index in [1.165, 1.54) is 18.3 Å². The Kier molecular flexibility index (Phi) is 3.66. The van der Waals surface area contributed by atoms with Crippen LogP contribution in [0.3, 0.4) is 0 Å². The zero-order chi connectivity index (χ0) is 13.0. The Morgan fingerprint density at radius 2 is 2.33 bits per heavy atom. The SMILES string of the molecule is CCN(Cc1cccc(F)c1)C(=O)c1cn[nH]n1. The molecule has 1 aromatic heterocycles. The maximum Gasteiger partial charge on any atom is 0.276 e. The molecule has 0 aliphatic heterocycles. The molecule has 0 aliphatic carbocycles. The van der Waals surface area contributed by atoms with E-state index in [2.05, 4.69) is 15.4 Å². The van der Waals surface area contributed by atoms with E-state index in [9.17, 15) is 9.18 Å². The van der Waals surface area contributed by atoms with Gasteiger partial charge in [-0.1, -0.05) is 12.1 Å². The van der Waals surface area contributed by atoms with E-state index in [1.54, 1.807) is 17.0 Å². The van der Waals surface area contributed by atoms with Crippen LogP contribution in [0, 0.1) is 5.82 Å². The average molecular weight is 248 g/mol. The van der Waals surface area contributed by atoms with E-state index >= 15 is 0 Å². The lowest BCUT2D eigenvalue weighted by Gasteiger charge is -2.19. The normalized spacial score (nSPS) is 10.3. The van der Waals surface area contributed by atoms with Crippen molar-refractivity contribution in [2.24, 2.45) is 0 Å². The van der Waals surface area contributed by atoms with Crippen LogP contribution in [0.5, 0.6) is 0 Å². The summed E-state index contributed by atoms with van der Waals surface area (Å²) >= 11 is 0. The molecule has 1 aromatic carbocycles. The minimum Gasteiger partial charge on any atom is -0.333 e. The van der Waals surface area contributed by atoms with Gasteiger partial charge in [0.2, 0.25) is 0 Å². The van der Waals surface area contributed by atoms with Crippen LogP contribution in [0.15, 0.2) is 30.5 Å². The molecule has 0 saturated heterocycles. The number of hydrogen-bond acceptors (Lipinski definition) is 3. The maximum atomic E-state index is 13.1. The standard InChI is InChI=1S/C12H13FN4O/c1-2-17(12(18)11-7-14-16-15-11)8-9-4-3-5-10(13)6-9/h3-7H,2,8H2,1H3,(H,14,15,16). The average Bonchev–Trinajstić information content (AvgIpc) is 2.89. The number of rotatable bonds is 4. The summed E-state index contributed by atoms with van der Waals surface area (Å²) in [4.78, 5) is 13.6. The number of nitrogens with one attached hydrogen (secondary N) is 1. The summed E-state index contributed by atoms with van der Waals surface area (Å²) in [6.07, 6.45) is 1.37. The molecule has 94 valence electrons. The fourth-order valence-corrected chi connectivity index (χ4v) is 1.65. The summed E-state index contributed by atoms with van der Waals surface area (Å²) < 4.78 is 13.1. The molecule has 1 N–H and O–H groups in total. The van der Waals surface area contributed by atoms with Gasteiger partial charge >= 0.3 is 0 Å². The van der Waals surface area contributed by atoms with Gasteiger partial charge in [-0.15, -0.1) is 0 Å². The van der Waals surface area contributed by atoms with Crippen molar-refractivity contribution in [1.82, 2.24) is 20.3 Å². The van der Waals surface area contributed by atoms with E-state index in [-0.39, 0.29) is 17.4 Å². The molecule has 1 heterocycles. The maximum absolute atomic E-state index is 13.1. The topological polar surface area (TPSA) is 61.9 Å². The van der Waals surface area contributed by atoms with Gasteiger partial charge in [0, 0.05) is 13.1 Å². The van der Waals surface area contributed by atoms with Gasteiger partial charge < -0.3 is 4.90 Å². The molecule has 0 fully saturated rings. The van der Waals surface area contributed by atoms with Crippen molar-refractivity contribution in [2.45, 2.75) is 13.5 Å². The largest absolute Gasteiger partial charge is 0.333 e. The summed E-state index contributed by atoms with van der Waals surface area (Å²) in [5, 5.41) is 9.74. The first-order valence-electron chi connectivity index (χ1n) is 5.60. The Balaban J connectivity index is 2.12. The van der Waals surface area contributed by atoms with Gasteiger partial charge in [-0.3, -0.25) is 4.79 Å². The van der Waals surface area contributed by atoms with E-state index < -0.39 is 0 Å². The second-order valence-corrected chi connectivity index (χ2v) is 3.80. The Morgan fingerprint density at radius 1 is 1.50 bits per heavy atom. The van der Waals surface area contributed by atoms with Crippen molar-refractivity contribution in [1.29, 1.82) is 0 Å². The molecule has 0 atom stereocenters. The second-order valence-electron chi connectivity index (χ2n) is 3.80. The van der Waals surface area contributed by atoms with Crippen molar-refractivity contribution in [3.63, 3.8) is 0 Å². The molecule has 0 aliphatic rings. The summed E-state index contributed by atoms with van der Waals surface area (Å²) in [7, 11) is 0. The van der Waals surface area contributed by atoms with Gasteiger partial charge in [-0.05, 0) is 24.6 Å². The van der Waals surface area contributed by atoms with E-state index in [0.29, 0.717) is 13.1 Å². The van der Waals surface area contributed by atoms with Crippen LogP contribution >= 0.6 is 0 Å². The quantitative estimate of drug-likeness (QED) is 0.894. The Hall–Kier alpha value is -2.24. The monoisotopic (exact) mass is 248 g/mol. The molecule has 0 spiro atoms. The van der Waals surface area contributed by atoms with E-state index in [4.69, 9.17) is 0 Å². The lowest BCUT2D eigenvalue weighted by atomic mass is 10.2. The van der Waals surface area contributed by atoms with Gasteiger partial charge in [-0.2, -0.15) is 15.4 Å². The Bertz CT molecular complexity index is 527. The van der Waals surface area contributed by atoms with Crippen LogP contribution < -0.4 is 0 Å². The Morgan fingerprint density at radius 3 is 2.94 bits per heavy atom. The lowest BCUT2D eigenvalue weighted by Crippen LogP contribution is -2.30. The van der Waals surface area contributed by atoms with Crippen molar-refractivity contribution in [3.05, 3.63) is 47.5 Å². The zero-order valence-electron chi connectivity index (χ0n) is 9.93. The molecular weight excluding hydrogens is 235 g/mol. The number of hydrogen-bond donors (Lipinski definition) is 1. The van der Waals surface area contributed by atoms with Gasteiger partial charge in [0.25, 0.3) is 5.91 Å². The summed E-state index contributed by atoms with van der Waals surface area (Å²) in [6.45, 7) is 2.72. The highest BCUT2D eigenvalue weighted by Gasteiger charge is 2.16. The highest BCUT2D eigenvalue weighted by atomic mass is 19.1. The number of H-pyrrole nitrogens is 1. The number of carbonyl (C=O) groups excluding carboxylic acids is 1. The zero-order valence-corrected chi connectivity index (χ0v) is 9.93. The summed E-state index contributed by atoms with van der Waals surface area (Å²) in [5.74, 6) is -0.534. The van der Waals surface area contributed by atoms with Crippen LogP contribution in [0.2, 0.25) is 0 Å². The van der Waals surface area contributed by atoms with Crippen molar-refractivity contribution in [2.75, 3.05) is 6.54 Å². The van der Waals surface area contributed by atoms with Gasteiger partial charge in [-0.25, -0.2) is 4.39 Å². The van der Waals surface area contributed by atoms with Gasteiger partial charge in [0.1, 0.15) is 5.82 Å². The molecule has 5 nitrogen and oxygen atoms in total. The van der Waals surface area contributed by atoms with Crippen molar-refractivity contribution >= 4 is 5.91 Å². The van der Waals surface area contributed by atoms with E-state index in [0.717, 1.165) is 5.56 Å². The molecule has 0 unspecified atom stereocenters. The molecule has 2 aromatic rings. The second kappa shape index (κ2) is 5.39. The van der Waals surface area contributed by atoms with Crippen LogP contribution in [-0.4, -0.2) is 32.8 Å². The first kappa shape index (κ1) is 12.2.